The molecule has 0 spiro atoms. The lowest BCUT2D eigenvalue weighted by Crippen LogP contribution is -2.42. The first-order chi connectivity index (χ1) is 8.45. The summed E-state index contributed by atoms with van der Waals surface area (Å²) in [5.41, 5.74) is 5.64. The van der Waals surface area contributed by atoms with Gasteiger partial charge in [-0.25, -0.2) is 8.42 Å². The number of aromatic nitrogens is 2. The zero-order valence-corrected chi connectivity index (χ0v) is 11.1. The van der Waals surface area contributed by atoms with Gasteiger partial charge in [0.2, 0.25) is 10.0 Å². The Morgan fingerprint density at radius 1 is 1.61 bits per heavy atom. The molecule has 8 heteroatoms. The van der Waals surface area contributed by atoms with Gasteiger partial charge < -0.3 is 10.8 Å². The molecule has 0 aromatic carbocycles. The first-order valence-corrected chi connectivity index (χ1v) is 7.40. The molecule has 0 aliphatic carbocycles. The van der Waals surface area contributed by atoms with Crippen molar-refractivity contribution in [2.24, 2.45) is 0 Å². The largest absolute Gasteiger partial charge is 0.392 e. The van der Waals surface area contributed by atoms with Crippen LogP contribution in [0.3, 0.4) is 0 Å². The van der Waals surface area contributed by atoms with E-state index in [2.05, 4.69) is 5.10 Å². The standard InChI is InChI=1S/C10H18N4O3S/c1-2-13-7-9(10(11)12-13)18(16,17)14-5-3-4-8(15)6-14/h7-8,15H,2-6H2,1H3,(H2,11,12)/t8-/m0/s1. The molecular weight excluding hydrogens is 256 g/mol. The zero-order valence-electron chi connectivity index (χ0n) is 10.3. The summed E-state index contributed by atoms with van der Waals surface area (Å²) in [6.07, 6.45) is 2.12. The number of nitrogens with zero attached hydrogens (tertiary/aromatic N) is 3. The van der Waals surface area contributed by atoms with Gasteiger partial charge in [0, 0.05) is 25.8 Å². The van der Waals surface area contributed by atoms with Crippen LogP contribution in [0.25, 0.3) is 0 Å². The van der Waals surface area contributed by atoms with E-state index in [1.807, 2.05) is 6.92 Å². The third-order valence-corrected chi connectivity index (χ3v) is 4.94. The van der Waals surface area contributed by atoms with E-state index in [9.17, 15) is 13.5 Å². The van der Waals surface area contributed by atoms with Gasteiger partial charge in [0.1, 0.15) is 4.90 Å². The number of hydrogen-bond acceptors (Lipinski definition) is 5. The summed E-state index contributed by atoms with van der Waals surface area (Å²) < 4.78 is 27.5. The lowest BCUT2D eigenvalue weighted by Gasteiger charge is -2.28. The van der Waals surface area contributed by atoms with E-state index in [4.69, 9.17) is 5.73 Å². The maximum atomic E-state index is 12.4. The number of nitrogens with two attached hydrogens (primary N) is 1. The fourth-order valence-corrected chi connectivity index (χ4v) is 3.63. The average molecular weight is 274 g/mol. The molecule has 102 valence electrons. The van der Waals surface area contributed by atoms with Crippen molar-refractivity contribution in [2.75, 3.05) is 18.8 Å². The second-order valence-electron chi connectivity index (χ2n) is 4.39. The molecule has 0 bridgehead atoms. The summed E-state index contributed by atoms with van der Waals surface area (Å²) in [6, 6.07) is 0. The number of aliphatic hydroxyl groups is 1. The van der Waals surface area contributed by atoms with Crippen LogP contribution >= 0.6 is 0 Å². The summed E-state index contributed by atoms with van der Waals surface area (Å²) >= 11 is 0. The third-order valence-electron chi connectivity index (χ3n) is 3.06. The van der Waals surface area contributed by atoms with Gasteiger partial charge >= 0.3 is 0 Å². The van der Waals surface area contributed by atoms with Crippen molar-refractivity contribution in [2.45, 2.75) is 37.3 Å². The number of aryl methyl sites for hydroxylation is 1. The average Bonchev–Trinajstić information content (AvgIpc) is 2.71. The number of β-amino-alcohol motifs (C(OH)–C–C–N with tert-alkyl or cyclic N) is 1. The smallest absolute Gasteiger partial charge is 0.248 e. The third kappa shape index (κ3) is 2.36. The van der Waals surface area contributed by atoms with Crippen molar-refractivity contribution < 1.29 is 13.5 Å². The van der Waals surface area contributed by atoms with Crippen molar-refractivity contribution >= 4 is 15.8 Å². The maximum absolute atomic E-state index is 12.4. The topological polar surface area (TPSA) is 101 Å². The number of anilines is 1. The van der Waals surface area contributed by atoms with Crippen molar-refractivity contribution in [3.8, 4) is 0 Å². The van der Waals surface area contributed by atoms with Crippen LogP contribution in [-0.2, 0) is 16.6 Å². The highest BCUT2D eigenvalue weighted by Crippen LogP contribution is 2.24. The monoisotopic (exact) mass is 274 g/mol. The molecule has 0 saturated carbocycles. The Bertz CT molecular complexity index is 525. The van der Waals surface area contributed by atoms with Gasteiger partial charge in [0.15, 0.2) is 5.82 Å². The minimum atomic E-state index is -3.65. The molecule has 1 saturated heterocycles. The molecule has 3 N–H and O–H groups in total. The highest BCUT2D eigenvalue weighted by atomic mass is 32.2. The Kier molecular flexibility index (Phi) is 3.60. The molecule has 0 amide bonds. The van der Waals surface area contributed by atoms with Gasteiger partial charge in [-0.05, 0) is 19.8 Å². The van der Waals surface area contributed by atoms with Crippen LogP contribution in [0.1, 0.15) is 19.8 Å². The number of aliphatic hydroxyl groups excluding tert-OH is 1. The van der Waals surface area contributed by atoms with E-state index in [1.165, 1.54) is 15.2 Å². The zero-order chi connectivity index (χ0) is 13.3. The Hall–Kier alpha value is -1.12. The molecule has 1 aliphatic heterocycles. The highest BCUT2D eigenvalue weighted by molar-refractivity contribution is 7.89. The number of nitrogen functional groups attached to an aromatic ring is 1. The summed E-state index contributed by atoms with van der Waals surface area (Å²) in [5.74, 6) is 0.0110. The minimum absolute atomic E-state index is 0.0110. The van der Waals surface area contributed by atoms with E-state index in [0.29, 0.717) is 25.9 Å². The summed E-state index contributed by atoms with van der Waals surface area (Å²) in [6.45, 7) is 2.95. The number of hydrogen-bond donors (Lipinski definition) is 2. The van der Waals surface area contributed by atoms with E-state index >= 15 is 0 Å². The maximum Gasteiger partial charge on any atom is 0.248 e. The molecule has 1 atom stereocenters. The quantitative estimate of drug-likeness (QED) is 0.783. The summed E-state index contributed by atoms with van der Waals surface area (Å²) in [4.78, 5) is 0.0263. The molecule has 18 heavy (non-hydrogen) atoms. The Balaban J connectivity index is 2.32. The normalized spacial score (nSPS) is 22.2. The van der Waals surface area contributed by atoms with E-state index in [0.717, 1.165) is 0 Å². The van der Waals surface area contributed by atoms with Crippen LogP contribution in [0.2, 0.25) is 0 Å². The number of sulfonamides is 1. The Morgan fingerprint density at radius 2 is 2.33 bits per heavy atom. The van der Waals surface area contributed by atoms with E-state index in [-0.39, 0.29) is 17.3 Å². The molecule has 1 aromatic heterocycles. The molecule has 1 fully saturated rings. The van der Waals surface area contributed by atoms with Gasteiger partial charge in [-0.1, -0.05) is 0 Å². The van der Waals surface area contributed by atoms with E-state index in [1.54, 1.807) is 0 Å². The Morgan fingerprint density at radius 3 is 2.89 bits per heavy atom. The van der Waals surface area contributed by atoms with Gasteiger partial charge in [-0.3, -0.25) is 4.68 Å². The van der Waals surface area contributed by atoms with Crippen LogP contribution in [0.4, 0.5) is 5.82 Å². The fourth-order valence-electron chi connectivity index (χ4n) is 2.06. The Labute approximate surface area is 106 Å². The van der Waals surface area contributed by atoms with Crippen LogP contribution in [0, 0.1) is 0 Å². The first kappa shape index (κ1) is 13.3. The molecule has 7 nitrogen and oxygen atoms in total. The summed E-state index contributed by atoms with van der Waals surface area (Å²) in [7, 11) is -3.65. The lowest BCUT2D eigenvalue weighted by atomic mass is 10.1. The van der Waals surface area contributed by atoms with E-state index < -0.39 is 16.1 Å². The van der Waals surface area contributed by atoms with Crippen molar-refractivity contribution in [3.05, 3.63) is 6.20 Å². The van der Waals surface area contributed by atoms with Crippen LogP contribution in [0.5, 0.6) is 0 Å². The van der Waals surface area contributed by atoms with Gasteiger partial charge in [-0.15, -0.1) is 0 Å². The SMILES string of the molecule is CCn1cc(S(=O)(=O)N2CCC[C@H](O)C2)c(N)n1. The number of piperidine rings is 1. The molecular formula is C10H18N4O3S. The van der Waals surface area contributed by atoms with Crippen LogP contribution in [-0.4, -0.2) is 46.8 Å². The molecule has 1 aromatic rings. The predicted molar refractivity (Wildman–Crippen MR) is 66.3 cm³/mol. The van der Waals surface area contributed by atoms with Crippen molar-refractivity contribution in [3.63, 3.8) is 0 Å². The highest BCUT2D eigenvalue weighted by Gasteiger charge is 2.32. The van der Waals surface area contributed by atoms with Crippen LogP contribution < -0.4 is 5.73 Å². The fraction of sp³-hybridized carbons (Fsp3) is 0.700. The second-order valence-corrected chi connectivity index (χ2v) is 6.30. The van der Waals surface area contributed by atoms with Crippen LogP contribution in [0.15, 0.2) is 11.1 Å². The van der Waals surface area contributed by atoms with Crippen molar-refractivity contribution in [1.82, 2.24) is 14.1 Å². The molecule has 0 radical (unpaired) electrons. The minimum Gasteiger partial charge on any atom is -0.392 e. The molecule has 2 rings (SSSR count). The molecule has 1 aliphatic rings. The second kappa shape index (κ2) is 4.87. The first-order valence-electron chi connectivity index (χ1n) is 5.96. The molecule has 0 unspecified atom stereocenters. The predicted octanol–water partition coefficient (Wildman–Crippen LogP) is -0.369. The van der Waals surface area contributed by atoms with Gasteiger partial charge in [0.05, 0.1) is 6.10 Å². The number of rotatable bonds is 3. The van der Waals surface area contributed by atoms with Gasteiger partial charge in [0.25, 0.3) is 0 Å². The van der Waals surface area contributed by atoms with Gasteiger partial charge in [-0.2, -0.15) is 9.40 Å². The summed E-state index contributed by atoms with van der Waals surface area (Å²) in [5, 5.41) is 13.5. The van der Waals surface area contributed by atoms with Crippen molar-refractivity contribution in [1.29, 1.82) is 0 Å². The lowest BCUT2D eigenvalue weighted by molar-refractivity contribution is 0.108. The molecule has 2 heterocycles.